The third-order valence-electron chi connectivity index (χ3n) is 2.26. The normalized spacial score (nSPS) is 17.3. The second kappa shape index (κ2) is 7.52. The lowest BCUT2D eigenvalue weighted by Gasteiger charge is -2.14. The highest BCUT2D eigenvalue weighted by Gasteiger charge is 2.26. The van der Waals surface area contributed by atoms with Gasteiger partial charge < -0.3 is 4.74 Å². The van der Waals surface area contributed by atoms with Gasteiger partial charge in [0, 0.05) is 4.91 Å². The summed E-state index contributed by atoms with van der Waals surface area (Å²) >= 11 is 0. The standard InChI is InChI=1S/C10H16O2S3/c1-3-4-5-6-8(10(11)12-2)9-7-13-15-14-9/h7-8H,3-6H2,1-2H3. The maximum Gasteiger partial charge on any atom is 0.313 e. The van der Waals surface area contributed by atoms with Crippen LogP contribution in [0.4, 0.5) is 0 Å². The number of carbonyl (C=O) groups excluding carboxylic acids is 1. The second-order valence-corrected chi connectivity index (χ2v) is 7.25. The molecule has 0 radical (unpaired) electrons. The third kappa shape index (κ3) is 4.33. The molecule has 15 heavy (non-hydrogen) atoms. The summed E-state index contributed by atoms with van der Waals surface area (Å²) < 4.78 is 4.84. The van der Waals surface area contributed by atoms with E-state index in [4.69, 9.17) is 4.74 Å². The molecule has 0 saturated heterocycles. The van der Waals surface area contributed by atoms with Crippen molar-refractivity contribution in [3.05, 3.63) is 10.3 Å². The molecule has 1 aliphatic heterocycles. The van der Waals surface area contributed by atoms with Crippen LogP contribution < -0.4 is 0 Å². The molecule has 1 aliphatic rings. The molecule has 0 aromatic carbocycles. The molecule has 0 amide bonds. The molecule has 0 bridgehead atoms. The van der Waals surface area contributed by atoms with Gasteiger partial charge in [0.15, 0.2) is 0 Å². The first-order valence-electron chi connectivity index (χ1n) is 5.07. The Labute approximate surface area is 103 Å². The van der Waals surface area contributed by atoms with Crippen LogP contribution in [0.5, 0.6) is 0 Å². The van der Waals surface area contributed by atoms with Crippen LogP contribution in [-0.4, -0.2) is 13.1 Å². The van der Waals surface area contributed by atoms with Crippen molar-refractivity contribution in [2.24, 2.45) is 5.92 Å². The minimum atomic E-state index is -0.0899. The van der Waals surface area contributed by atoms with Crippen LogP contribution in [0.25, 0.3) is 0 Å². The Balaban J connectivity index is 2.49. The van der Waals surface area contributed by atoms with Gasteiger partial charge in [-0.15, -0.1) is 0 Å². The average molecular weight is 264 g/mol. The molecular weight excluding hydrogens is 248 g/mol. The molecule has 2 nitrogen and oxygen atoms in total. The highest BCUT2D eigenvalue weighted by atomic mass is 33.5. The van der Waals surface area contributed by atoms with Crippen molar-refractivity contribution in [3.63, 3.8) is 0 Å². The lowest BCUT2D eigenvalue weighted by Crippen LogP contribution is -2.16. The SMILES string of the molecule is CCCCCC(C(=O)OC)C1=CSSS1. The van der Waals surface area contributed by atoms with Crippen LogP contribution >= 0.6 is 31.4 Å². The summed E-state index contributed by atoms with van der Waals surface area (Å²) in [6.45, 7) is 2.17. The first-order chi connectivity index (χ1) is 7.29. The molecule has 1 rings (SSSR count). The minimum Gasteiger partial charge on any atom is -0.469 e. The Kier molecular flexibility index (Phi) is 6.68. The molecule has 0 saturated carbocycles. The predicted octanol–water partition coefficient (Wildman–Crippen LogP) is 4.24. The molecule has 0 fully saturated rings. The fourth-order valence-electron chi connectivity index (χ4n) is 1.40. The zero-order chi connectivity index (χ0) is 11.1. The Morgan fingerprint density at radius 3 is 2.87 bits per heavy atom. The summed E-state index contributed by atoms with van der Waals surface area (Å²) in [6, 6.07) is 0. The lowest BCUT2D eigenvalue weighted by atomic mass is 10.0. The Morgan fingerprint density at radius 2 is 2.33 bits per heavy atom. The fraction of sp³-hybridized carbons (Fsp3) is 0.700. The molecule has 5 heteroatoms. The Morgan fingerprint density at radius 1 is 1.53 bits per heavy atom. The number of unbranched alkanes of at least 4 members (excludes halogenated alkanes) is 2. The summed E-state index contributed by atoms with van der Waals surface area (Å²) in [5.41, 5.74) is 0. The van der Waals surface area contributed by atoms with Gasteiger partial charge in [0.2, 0.25) is 0 Å². The molecule has 0 N–H and O–H groups in total. The lowest BCUT2D eigenvalue weighted by molar-refractivity contribution is -0.144. The molecule has 0 spiro atoms. The summed E-state index contributed by atoms with van der Waals surface area (Å²) in [7, 11) is 6.56. The summed E-state index contributed by atoms with van der Waals surface area (Å²) in [5, 5.41) is 2.07. The number of ether oxygens (including phenoxy) is 1. The van der Waals surface area contributed by atoms with E-state index in [1.807, 2.05) is 0 Å². The van der Waals surface area contributed by atoms with Gasteiger partial charge >= 0.3 is 5.97 Å². The van der Waals surface area contributed by atoms with Gasteiger partial charge in [0.1, 0.15) is 0 Å². The fourth-order valence-corrected chi connectivity index (χ4v) is 5.53. The van der Waals surface area contributed by atoms with Gasteiger partial charge in [0.25, 0.3) is 0 Å². The Bertz CT molecular complexity index is 241. The monoisotopic (exact) mass is 264 g/mol. The summed E-state index contributed by atoms with van der Waals surface area (Å²) in [4.78, 5) is 12.8. The highest BCUT2D eigenvalue weighted by molar-refractivity contribution is 9.11. The van der Waals surface area contributed by atoms with E-state index < -0.39 is 0 Å². The van der Waals surface area contributed by atoms with Gasteiger partial charge in [-0.05, 0) is 32.4 Å². The van der Waals surface area contributed by atoms with Gasteiger partial charge in [-0.3, -0.25) is 4.79 Å². The quantitative estimate of drug-likeness (QED) is 0.406. The van der Waals surface area contributed by atoms with Gasteiger partial charge in [0.05, 0.1) is 13.0 Å². The van der Waals surface area contributed by atoms with Gasteiger partial charge in [-0.2, -0.15) is 0 Å². The first kappa shape index (κ1) is 13.3. The second-order valence-electron chi connectivity index (χ2n) is 3.34. The van der Waals surface area contributed by atoms with Crippen molar-refractivity contribution in [1.29, 1.82) is 0 Å². The number of methoxy groups -OCH3 is 1. The van der Waals surface area contributed by atoms with Gasteiger partial charge in [-0.25, -0.2) is 0 Å². The zero-order valence-corrected chi connectivity index (χ0v) is 11.5. The van der Waals surface area contributed by atoms with Crippen LogP contribution in [0.3, 0.4) is 0 Å². The van der Waals surface area contributed by atoms with Crippen LogP contribution in [0.15, 0.2) is 10.3 Å². The zero-order valence-electron chi connectivity index (χ0n) is 9.02. The molecular formula is C10H16O2S3. The summed E-state index contributed by atoms with van der Waals surface area (Å²) in [5.74, 6) is -0.123. The largest absolute Gasteiger partial charge is 0.469 e. The van der Waals surface area contributed by atoms with Gasteiger partial charge in [-0.1, -0.05) is 37.0 Å². The molecule has 0 aromatic rings. The molecule has 86 valence electrons. The molecule has 1 heterocycles. The van der Waals surface area contributed by atoms with Crippen LogP contribution in [-0.2, 0) is 9.53 Å². The first-order valence-corrected chi connectivity index (χ1v) is 8.62. The van der Waals surface area contributed by atoms with Crippen molar-refractivity contribution in [2.75, 3.05) is 7.11 Å². The van der Waals surface area contributed by atoms with E-state index in [0.29, 0.717) is 0 Å². The number of hydrogen-bond acceptors (Lipinski definition) is 5. The smallest absolute Gasteiger partial charge is 0.313 e. The molecule has 1 unspecified atom stereocenters. The average Bonchev–Trinajstić information content (AvgIpc) is 2.77. The maximum absolute atomic E-state index is 11.6. The summed E-state index contributed by atoms with van der Waals surface area (Å²) in [6.07, 6.45) is 4.39. The van der Waals surface area contributed by atoms with E-state index in [0.717, 1.165) is 17.7 Å². The van der Waals surface area contributed by atoms with E-state index in [-0.39, 0.29) is 11.9 Å². The molecule has 0 aliphatic carbocycles. The number of esters is 1. The van der Waals surface area contributed by atoms with E-state index in [2.05, 4.69) is 12.3 Å². The van der Waals surface area contributed by atoms with Crippen LogP contribution in [0.1, 0.15) is 32.6 Å². The molecule has 0 aromatic heterocycles. The predicted molar refractivity (Wildman–Crippen MR) is 70.5 cm³/mol. The van der Waals surface area contributed by atoms with Crippen molar-refractivity contribution < 1.29 is 9.53 Å². The van der Waals surface area contributed by atoms with Crippen LogP contribution in [0.2, 0.25) is 0 Å². The topological polar surface area (TPSA) is 26.3 Å². The van der Waals surface area contributed by atoms with Crippen LogP contribution in [0, 0.1) is 5.92 Å². The molecule has 1 atom stereocenters. The number of rotatable bonds is 6. The maximum atomic E-state index is 11.6. The minimum absolute atomic E-state index is 0.0333. The Hall–Kier alpha value is 0.260. The van der Waals surface area contributed by atoms with Crippen molar-refractivity contribution >= 4 is 37.4 Å². The van der Waals surface area contributed by atoms with E-state index >= 15 is 0 Å². The number of hydrogen-bond donors (Lipinski definition) is 0. The van der Waals surface area contributed by atoms with E-state index in [9.17, 15) is 4.79 Å². The van der Waals surface area contributed by atoms with Crippen molar-refractivity contribution in [3.8, 4) is 0 Å². The number of carbonyl (C=O) groups is 1. The van der Waals surface area contributed by atoms with Crippen molar-refractivity contribution in [2.45, 2.75) is 32.6 Å². The van der Waals surface area contributed by atoms with E-state index in [1.54, 1.807) is 31.4 Å². The van der Waals surface area contributed by atoms with Crippen molar-refractivity contribution in [1.82, 2.24) is 0 Å². The third-order valence-corrected chi connectivity index (χ3v) is 6.13. The highest BCUT2D eigenvalue weighted by Crippen LogP contribution is 2.52. The van der Waals surface area contributed by atoms with E-state index in [1.165, 1.54) is 20.0 Å².